The predicted octanol–water partition coefficient (Wildman–Crippen LogP) is 4.17. The van der Waals surface area contributed by atoms with Gasteiger partial charge in [0.25, 0.3) is 11.1 Å². The van der Waals surface area contributed by atoms with Crippen molar-refractivity contribution in [2.24, 2.45) is 0 Å². The fourth-order valence-electron chi connectivity index (χ4n) is 1.93. The van der Waals surface area contributed by atoms with Gasteiger partial charge in [-0.1, -0.05) is 30.8 Å². The zero-order valence-corrected chi connectivity index (χ0v) is 15.2. The minimum Gasteiger partial charge on any atom is -0.410 e. The first-order valence-corrected chi connectivity index (χ1v) is 8.91. The van der Waals surface area contributed by atoms with Crippen LogP contribution in [-0.2, 0) is 0 Å². The molecule has 122 valence electrons. The molecule has 0 saturated carbocycles. The van der Waals surface area contributed by atoms with Crippen molar-refractivity contribution in [1.82, 2.24) is 25.3 Å². The molecular formula is C14H17N5O2S2. The molecule has 7 nitrogen and oxygen atoms in total. The zero-order valence-electron chi connectivity index (χ0n) is 13.5. The molecule has 3 rings (SSSR count). The molecule has 0 aliphatic rings. The lowest BCUT2D eigenvalue weighted by molar-refractivity contribution is 0.372. The van der Waals surface area contributed by atoms with Gasteiger partial charge in [0.1, 0.15) is 4.88 Å². The molecule has 0 unspecified atom stereocenters. The van der Waals surface area contributed by atoms with E-state index in [-0.39, 0.29) is 11.2 Å². The molecule has 0 saturated heterocycles. The number of thiazole rings is 1. The van der Waals surface area contributed by atoms with E-state index in [4.69, 9.17) is 8.94 Å². The average molecular weight is 351 g/mol. The SMILES string of the molecule is Cc1nc(C)c(-c2nnc(S[C@H](C)c3nc(C(C)C)no3)o2)s1. The van der Waals surface area contributed by atoms with E-state index in [1.54, 1.807) is 11.3 Å². The summed E-state index contributed by atoms with van der Waals surface area (Å²) >= 11 is 2.94. The van der Waals surface area contributed by atoms with E-state index in [2.05, 4.69) is 25.3 Å². The Bertz CT molecular complexity index is 808. The van der Waals surface area contributed by atoms with E-state index in [1.165, 1.54) is 11.8 Å². The predicted molar refractivity (Wildman–Crippen MR) is 87.5 cm³/mol. The molecule has 0 fully saturated rings. The van der Waals surface area contributed by atoms with Gasteiger partial charge in [0.15, 0.2) is 5.82 Å². The van der Waals surface area contributed by atoms with Crippen molar-refractivity contribution in [3.8, 4) is 10.8 Å². The molecular weight excluding hydrogens is 334 g/mol. The third-order valence-electron chi connectivity index (χ3n) is 3.10. The molecule has 9 heteroatoms. The number of nitrogens with zero attached hydrogens (tertiary/aromatic N) is 5. The molecule has 0 bridgehead atoms. The molecule has 0 radical (unpaired) electrons. The van der Waals surface area contributed by atoms with Gasteiger partial charge in [0.05, 0.1) is 16.0 Å². The summed E-state index contributed by atoms with van der Waals surface area (Å²) in [5.41, 5.74) is 0.902. The van der Waals surface area contributed by atoms with E-state index >= 15 is 0 Å². The van der Waals surface area contributed by atoms with Crippen molar-refractivity contribution >= 4 is 23.1 Å². The molecule has 0 N–H and O–H groups in total. The first kappa shape index (κ1) is 16.1. The Morgan fingerprint density at radius 2 is 1.87 bits per heavy atom. The summed E-state index contributed by atoms with van der Waals surface area (Å²) in [6.07, 6.45) is 0. The highest BCUT2D eigenvalue weighted by atomic mass is 32.2. The second kappa shape index (κ2) is 6.40. The van der Waals surface area contributed by atoms with Crippen molar-refractivity contribution < 1.29 is 8.94 Å². The summed E-state index contributed by atoms with van der Waals surface area (Å²) in [5, 5.41) is 13.6. The van der Waals surface area contributed by atoms with Crippen LogP contribution in [0.3, 0.4) is 0 Å². The normalized spacial score (nSPS) is 13.0. The van der Waals surface area contributed by atoms with Gasteiger partial charge in [-0.15, -0.1) is 21.5 Å². The van der Waals surface area contributed by atoms with Crippen molar-refractivity contribution in [3.63, 3.8) is 0 Å². The Morgan fingerprint density at radius 1 is 1.09 bits per heavy atom. The Hall–Kier alpha value is -1.74. The minimum atomic E-state index is -0.0624. The van der Waals surface area contributed by atoms with Crippen LogP contribution in [-0.4, -0.2) is 25.3 Å². The largest absolute Gasteiger partial charge is 0.410 e. The Balaban J connectivity index is 1.74. The van der Waals surface area contributed by atoms with Gasteiger partial charge >= 0.3 is 0 Å². The molecule has 0 spiro atoms. The van der Waals surface area contributed by atoms with Crippen LogP contribution in [0, 0.1) is 13.8 Å². The van der Waals surface area contributed by atoms with Crippen LogP contribution < -0.4 is 0 Å². The molecule has 3 heterocycles. The molecule has 3 aromatic heterocycles. The summed E-state index contributed by atoms with van der Waals surface area (Å²) in [7, 11) is 0. The summed E-state index contributed by atoms with van der Waals surface area (Å²) in [5.74, 6) is 1.99. The summed E-state index contributed by atoms with van der Waals surface area (Å²) in [4.78, 5) is 9.68. The van der Waals surface area contributed by atoms with Crippen LogP contribution >= 0.6 is 23.1 Å². The maximum absolute atomic E-state index is 5.73. The topological polar surface area (TPSA) is 90.7 Å². The van der Waals surface area contributed by atoms with Crippen molar-refractivity contribution in [1.29, 1.82) is 0 Å². The van der Waals surface area contributed by atoms with Gasteiger partial charge in [-0.25, -0.2) is 4.98 Å². The molecule has 0 aromatic carbocycles. The van der Waals surface area contributed by atoms with Gasteiger partial charge in [-0.3, -0.25) is 0 Å². The van der Waals surface area contributed by atoms with Gasteiger partial charge in [0.2, 0.25) is 5.89 Å². The number of thioether (sulfide) groups is 1. The summed E-state index contributed by atoms with van der Waals surface area (Å²) in [6.45, 7) is 9.90. The first-order valence-electron chi connectivity index (χ1n) is 7.22. The second-order valence-electron chi connectivity index (χ2n) is 5.43. The third-order valence-corrected chi connectivity index (χ3v) is 5.09. The standard InChI is InChI=1S/C14H17N5O2S2/c1-6(2)11-16-12(21-19-11)8(4)22-14-18-17-13(20-14)10-7(3)15-9(5)23-10/h6,8H,1-5H3/t8-/m1/s1. The summed E-state index contributed by atoms with van der Waals surface area (Å²) in [6, 6.07) is 0. The van der Waals surface area contributed by atoms with Gasteiger partial charge < -0.3 is 8.94 Å². The van der Waals surface area contributed by atoms with Crippen LogP contribution in [0.2, 0.25) is 0 Å². The van der Waals surface area contributed by atoms with Gasteiger partial charge in [-0.2, -0.15) is 4.98 Å². The zero-order chi connectivity index (χ0) is 16.6. The highest BCUT2D eigenvalue weighted by molar-refractivity contribution is 7.99. The number of hydrogen-bond donors (Lipinski definition) is 0. The lowest BCUT2D eigenvalue weighted by atomic mass is 10.2. The van der Waals surface area contributed by atoms with E-state index in [9.17, 15) is 0 Å². The van der Waals surface area contributed by atoms with Crippen LogP contribution in [0.15, 0.2) is 14.2 Å². The monoisotopic (exact) mass is 351 g/mol. The van der Waals surface area contributed by atoms with Crippen LogP contribution in [0.25, 0.3) is 10.8 Å². The number of rotatable bonds is 5. The molecule has 0 aliphatic carbocycles. The van der Waals surface area contributed by atoms with Crippen LogP contribution in [0.5, 0.6) is 0 Å². The second-order valence-corrected chi connectivity index (χ2v) is 7.92. The average Bonchev–Trinajstić information content (AvgIpc) is 3.18. The maximum Gasteiger partial charge on any atom is 0.277 e. The van der Waals surface area contributed by atoms with Crippen molar-refractivity contribution in [2.45, 2.75) is 51.0 Å². The number of aromatic nitrogens is 5. The van der Waals surface area contributed by atoms with Crippen LogP contribution in [0.1, 0.15) is 54.4 Å². The van der Waals surface area contributed by atoms with Gasteiger partial charge in [-0.05, 0) is 20.8 Å². The number of aryl methyl sites for hydroxylation is 2. The Morgan fingerprint density at radius 3 is 2.48 bits per heavy atom. The Labute approximate surface area is 141 Å². The molecule has 3 aromatic rings. The first-order chi connectivity index (χ1) is 10.9. The van der Waals surface area contributed by atoms with Gasteiger partial charge in [0, 0.05) is 5.92 Å². The molecule has 0 amide bonds. The molecule has 23 heavy (non-hydrogen) atoms. The van der Waals surface area contributed by atoms with E-state index in [1.807, 2.05) is 34.6 Å². The molecule has 0 aliphatic heterocycles. The lowest BCUT2D eigenvalue weighted by Crippen LogP contribution is -1.92. The van der Waals surface area contributed by atoms with E-state index in [0.29, 0.717) is 22.8 Å². The molecule has 1 atom stereocenters. The summed E-state index contributed by atoms with van der Waals surface area (Å²) < 4.78 is 11.0. The quantitative estimate of drug-likeness (QED) is 0.633. The minimum absolute atomic E-state index is 0.0624. The maximum atomic E-state index is 5.73. The fraction of sp³-hybridized carbons (Fsp3) is 0.500. The highest BCUT2D eigenvalue weighted by Crippen LogP contribution is 2.36. The van der Waals surface area contributed by atoms with E-state index < -0.39 is 0 Å². The highest BCUT2D eigenvalue weighted by Gasteiger charge is 2.21. The Kier molecular flexibility index (Phi) is 4.49. The van der Waals surface area contributed by atoms with Crippen LogP contribution in [0.4, 0.5) is 0 Å². The van der Waals surface area contributed by atoms with Crippen molar-refractivity contribution in [3.05, 3.63) is 22.4 Å². The van der Waals surface area contributed by atoms with Crippen molar-refractivity contribution in [2.75, 3.05) is 0 Å². The third kappa shape index (κ3) is 3.45. The smallest absolute Gasteiger partial charge is 0.277 e. The fourth-order valence-corrected chi connectivity index (χ4v) is 3.48. The lowest BCUT2D eigenvalue weighted by Gasteiger charge is -2.01. The number of hydrogen-bond acceptors (Lipinski definition) is 9. The van der Waals surface area contributed by atoms with E-state index in [0.717, 1.165) is 15.6 Å².